The third-order valence-electron chi connectivity index (χ3n) is 4.47. The fourth-order valence-electron chi connectivity index (χ4n) is 2.95. The highest BCUT2D eigenvalue weighted by molar-refractivity contribution is 5.94. The minimum Gasteiger partial charge on any atom is -0.508 e. The second-order valence-electron chi connectivity index (χ2n) is 6.44. The molecule has 0 aliphatic rings. The van der Waals surface area contributed by atoms with E-state index in [-0.39, 0.29) is 18.2 Å². The highest BCUT2D eigenvalue weighted by Crippen LogP contribution is 2.23. The third kappa shape index (κ3) is 4.38. The number of aliphatic hydroxyl groups is 1. The first kappa shape index (κ1) is 18.7. The van der Waals surface area contributed by atoms with Crippen LogP contribution in [0.25, 0.3) is 11.3 Å². The van der Waals surface area contributed by atoms with Gasteiger partial charge >= 0.3 is 0 Å². The molecule has 3 aromatic rings. The summed E-state index contributed by atoms with van der Waals surface area (Å²) in [5.74, 6) is 1.53. The molecule has 1 heterocycles. The number of nitrogens with zero attached hydrogens (tertiary/aromatic N) is 1. The summed E-state index contributed by atoms with van der Waals surface area (Å²) in [7, 11) is 0. The maximum Gasteiger partial charge on any atom is 0.253 e. The van der Waals surface area contributed by atoms with Gasteiger partial charge in [0.1, 0.15) is 17.3 Å². The Kier molecular flexibility index (Phi) is 5.62. The smallest absolute Gasteiger partial charge is 0.253 e. The Balaban J connectivity index is 1.72. The zero-order valence-corrected chi connectivity index (χ0v) is 15.4. The van der Waals surface area contributed by atoms with E-state index < -0.39 is 6.10 Å². The monoisotopic (exact) mass is 365 g/mol. The lowest BCUT2D eigenvalue weighted by Crippen LogP contribution is -2.34. The first-order chi connectivity index (χ1) is 13.0. The number of carbonyl (C=O) groups excluding carboxylic acids is 1. The van der Waals surface area contributed by atoms with Crippen LogP contribution in [-0.4, -0.2) is 34.1 Å². The molecule has 2 aromatic carbocycles. The minimum absolute atomic E-state index is 0.0877. The Morgan fingerprint density at radius 1 is 1.11 bits per heavy atom. The zero-order chi connectivity index (χ0) is 19.4. The van der Waals surface area contributed by atoms with Crippen LogP contribution in [0, 0.1) is 6.92 Å². The minimum atomic E-state index is -0.869. The van der Waals surface area contributed by atoms with Crippen molar-refractivity contribution in [2.75, 3.05) is 13.1 Å². The van der Waals surface area contributed by atoms with Gasteiger partial charge in [-0.2, -0.15) is 0 Å². The third-order valence-corrected chi connectivity index (χ3v) is 4.47. The number of furan rings is 1. The van der Waals surface area contributed by atoms with E-state index in [1.54, 1.807) is 35.2 Å². The number of phenols is 1. The van der Waals surface area contributed by atoms with Crippen molar-refractivity contribution in [1.82, 2.24) is 4.90 Å². The summed E-state index contributed by atoms with van der Waals surface area (Å²) in [6.45, 7) is 4.37. The quantitative estimate of drug-likeness (QED) is 0.688. The SMILES string of the molecule is CCN(CC(O)c1cccc(O)c1)C(=O)c1ccc(-c2ccc(C)o2)cc1. The van der Waals surface area contributed by atoms with Crippen molar-refractivity contribution < 1.29 is 19.4 Å². The standard InChI is InChI=1S/C22H23NO4/c1-3-23(14-20(25)18-5-4-6-19(24)13-18)22(26)17-10-8-16(9-11-17)21-12-7-15(2)27-21/h4-13,20,24-25H,3,14H2,1-2H3. The van der Waals surface area contributed by atoms with E-state index in [9.17, 15) is 15.0 Å². The van der Waals surface area contributed by atoms with Crippen LogP contribution in [0.15, 0.2) is 65.1 Å². The average Bonchev–Trinajstić information content (AvgIpc) is 3.12. The predicted molar refractivity (Wildman–Crippen MR) is 104 cm³/mol. The maximum atomic E-state index is 12.8. The molecule has 3 rings (SSSR count). The molecule has 0 aliphatic heterocycles. The van der Waals surface area contributed by atoms with Gasteiger partial charge in [-0.3, -0.25) is 4.79 Å². The van der Waals surface area contributed by atoms with Gasteiger partial charge in [0.2, 0.25) is 0 Å². The number of benzene rings is 2. The van der Waals surface area contributed by atoms with Gasteiger partial charge in [-0.05, 0) is 55.8 Å². The van der Waals surface area contributed by atoms with Crippen molar-refractivity contribution in [3.05, 3.63) is 77.6 Å². The van der Waals surface area contributed by atoms with E-state index in [0.29, 0.717) is 17.7 Å². The highest BCUT2D eigenvalue weighted by atomic mass is 16.3. The molecule has 5 nitrogen and oxygen atoms in total. The van der Waals surface area contributed by atoms with E-state index in [1.807, 2.05) is 38.1 Å². The van der Waals surface area contributed by atoms with Gasteiger partial charge < -0.3 is 19.5 Å². The predicted octanol–water partition coefficient (Wildman–Crippen LogP) is 4.16. The van der Waals surface area contributed by atoms with Crippen LogP contribution in [0.5, 0.6) is 5.75 Å². The Labute approximate surface area is 158 Å². The number of rotatable bonds is 6. The number of hydrogen-bond acceptors (Lipinski definition) is 4. The van der Waals surface area contributed by atoms with E-state index in [4.69, 9.17) is 4.42 Å². The van der Waals surface area contributed by atoms with E-state index in [0.717, 1.165) is 17.1 Å². The number of hydrogen-bond donors (Lipinski definition) is 2. The summed E-state index contributed by atoms with van der Waals surface area (Å²) in [5.41, 5.74) is 2.03. The molecule has 1 aromatic heterocycles. The molecule has 2 N–H and O–H groups in total. The number of aromatic hydroxyl groups is 1. The molecular formula is C22H23NO4. The molecule has 0 spiro atoms. The van der Waals surface area contributed by atoms with Gasteiger partial charge in [-0.1, -0.05) is 24.3 Å². The summed E-state index contributed by atoms with van der Waals surface area (Å²) < 4.78 is 5.60. The van der Waals surface area contributed by atoms with Crippen molar-refractivity contribution in [2.24, 2.45) is 0 Å². The molecule has 0 saturated heterocycles. The fraction of sp³-hybridized carbons (Fsp3) is 0.227. The van der Waals surface area contributed by atoms with E-state index in [2.05, 4.69) is 0 Å². The van der Waals surface area contributed by atoms with Crippen molar-refractivity contribution >= 4 is 5.91 Å². The van der Waals surface area contributed by atoms with E-state index >= 15 is 0 Å². The molecule has 0 radical (unpaired) electrons. The summed E-state index contributed by atoms with van der Waals surface area (Å²) in [6, 6.07) is 17.5. The second kappa shape index (κ2) is 8.10. The van der Waals surface area contributed by atoms with Crippen molar-refractivity contribution in [1.29, 1.82) is 0 Å². The highest BCUT2D eigenvalue weighted by Gasteiger charge is 2.19. The van der Waals surface area contributed by atoms with Gasteiger partial charge in [-0.15, -0.1) is 0 Å². The van der Waals surface area contributed by atoms with Crippen molar-refractivity contribution in [3.63, 3.8) is 0 Å². The Bertz CT molecular complexity index is 914. The molecule has 1 atom stereocenters. The van der Waals surface area contributed by atoms with Crippen molar-refractivity contribution in [2.45, 2.75) is 20.0 Å². The molecule has 5 heteroatoms. The molecule has 1 unspecified atom stereocenters. The first-order valence-electron chi connectivity index (χ1n) is 8.91. The number of likely N-dealkylation sites (N-methyl/N-ethyl adjacent to an activating group) is 1. The zero-order valence-electron chi connectivity index (χ0n) is 15.4. The topological polar surface area (TPSA) is 73.9 Å². The summed E-state index contributed by atoms with van der Waals surface area (Å²) in [4.78, 5) is 14.4. The number of aryl methyl sites for hydroxylation is 1. The van der Waals surface area contributed by atoms with Gasteiger partial charge in [-0.25, -0.2) is 0 Å². The first-order valence-corrected chi connectivity index (χ1v) is 8.91. The van der Waals surface area contributed by atoms with Gasteiger partial charge in [0.15, 0.2) is 0 Å². The molecule has 0 aliphatic carbocycles. The van der Waals surface area contributed by atoms with Crippen molar-refractivity contribution in [3.8, 4) is 17.1 Å². The number of phenolic OH excluding ortho intramolecular Hbond substituents is 1. The Hall–Kier alpha value is -3.05. The van der Waals surface area contributed by atoms with Gasteiger partial charge in [0.05, 0.1) is 12.6 Å². The lowest BCUT2D eigenvalue weighted by Gasteiger charge is -2.24. The van der Waals surface area contributed by atoms with Crippen LogP contribution in [0.2, 0.25) is 0 Å². The van der Waals surface area contributed by atoms with Crippen LogP contribution in [0.1, 0.15) is 34.7 Å². The van der Waals surface area contributed by atoms with Crippen LogP contribution < -0.4 is 0 Å². The lowest BCUT2D eigenvalue weighted by molar-refractivity contribution is 0.0635. The molecule has 1 amide bonds. The van der Waals surface area contributed by atoms with Gasteiger partial charge in [0, 0.05) is 17.7 Å². The Morgan fingerprint density at radius 2 is 1.85 bits per heavy atom. The summed E-state index contributed by atoms with van der Waals surface area (Å²) in [5, 5.41) is 20.0. The molecule has 27 heavy (non-hydrogen) atoms. The normalized spacial score (nSPS) is 12.0. The lowest BCUT2D eigenvalue weighted by atomic mass is 10.1. The summed E-state index contributed by atoms with van der Waals surface area (Å²) in [6.07, 6.45) is -0.869. The molecule has 140 valence electrons. The average molecular weight is 365 g/mol. The largest absolute Gasteiger partial charge is 0.508 e. The molecule has 0 saturated carbocycles. The maximum absolute atomic E-state index is 12.8. The van der Waals surface area contributed by atoms with Gasteiger partial charge in [0.25, 0.3) is 5.91 Å². The Morgan fingerprint density at radius 3 is 2.44 bits per heavy atom. The van der Waals surface area contributed by atoms with Crippen LogP contribution in [0.4, 0.5) is 0 Å². The molecular weight excluding hydrogens is 342 g/mol. The van der Waals surface area contributed by atoms with Crippen LogP contribution in [0.3, 0.4) is 0 Å². The second-order valence-corrected chi connectivity index (χ2v) is 6.44. The number of aliphatic hydroxyl groups excluding tert-OH is 1. The number of amides is 1. The molecule has 0 bridgehead atoms. The molecule has 0 fully saturated rings. The summed E-state index contributed by atoms with van der Waals surface area (Å²) >= 11 is 0. The fourth-order valence-corrected chi connectivity index (χ4v) is 2.95. The van der Waals surface area contributed by atoms with E-state index in [1.165, 1.54) is 6.07 Å². The van der Waals surface area contributed by atoms with Crippen LogP contribution >= 0.6 is 0 Å². The number of carbonyl (C=O) groups is 1. The van der Waals surface area contributed by atoms with Crippen LogP contribution in [-0.2, 0) is 0 Å².